The molecule has 0 amide bonds. The van der Waals surface area contributed by atoms with Crippen molar-refractivity contribution in [2.45, 2.75) is 23.8 Å². The minimum Gasteiger partial charge on any atom is -0.497 e. The fourth-order valence-corrected chi connectivity index (χ4v) is 4.61. The second-order valence-electron chi connectivity index (χ2n) is 6.34. The van der Waals surface area contributed by atoms with E-state index in [1.165, 1.54) is 16.4 Å². The number of methoxy groups -OCH3 is 2. The summed E-state index contributed by atoms with van der Waals surface area (Å²) in [5.74, 6) is 0.968. The number of benzene rings is 2. The maximum Gasteiger partial charge on any atom is 0.243 e. The highest BCUT2D eigenvalue weighted by atomic mass is 32.2. The van der Waals surface area contributed by atoms with Gasteiger partial charge >= 0.3 is 0 Å². The largest absolute Gasteiger partial charge is 0.497 e. The Morgan fingerprint density at radius 1 is 1.04 bits per heavy atom. The van der Waals surface area contributed by atoms with Gasteiger partial charge in [0.1, 0.15) is 17.3 Å². The Morgan fingerprint density at radius 3 is 2.30 bits per heavy atom. The third kappa shape index (κ3) is 4.33. The Kier molecular flexibility index (Phi) is 5.86. The Bertz CT molecular complexity index is 879. The van der Waals surface area contributed by atoms with Gasteiger partial charge in [-0.1, -0.05) is 0 Å². The average Bonchev–Trinajstić information content (AvgIpc) is 2.68. The SMILES string of the molecule is COc1ccc(OC)c(NC2CCN(S(=O)(=O)c3ccc(F)cc3)CC2)c1. The van der Waals surface area contributed by atoms with Crippen LogP contribution in [-0.2, 0) is 10.0 Å². The molecule has 1 aliphatic rings. The van der Waals surface area contributed by atoms with Crippen LogP contribution in [0.3, 0.4) is 0 Å². The molecule has 0 spiro atoms. The summed E-state index contributed by atoms with van der Waals surface area (Å²) in [6.45, 7) is 0.785. The molecule has 0 radical (unpaired) electrons. The van der Waals surface area contributed by atoms with E-state index >= 15 is 0 Å². The molecule has 0 atom stereocenters. The number of hydrogen-bond acceptors (Lipinski definition) is 5. The van der Waals surface area contributed by atoms with E-state index in [1.54, 1.807) is 14.2 Å². The van der Waals surface area contributed by atoms with Crippen molar-refractivity contribution < 1.29 is 22.3 Å². The van der Waals surface area contributed by atoms with E-state index in [0.717, 1.165) is 23.6 Å². The van der Waals surface area contributed by atoms with Crippen LogP contribution in [0.25, 0.3) is 0 Å². The van der Waals surface area contributed by atoms with Gasteiger partial charge in [-0.3, -0.25) is 0 Å². The van der Waals surface area contributed by atoms with Crippen molar-refractivity contribution in [3.8, 4) is 11.5 Å². The number of anilines is 1. The van der Waals surface area contributed by atoms with Crippen molar-refractivity contribution in [2.24, 2.45) is 0 Å². The highest BCUT2D eigenvalue weighted by Gasteiger charge is 2.29. The average molecular weight is 394 g/mol. The van der Waals surface area contributed by atoms with Crippen molar-refractivity contribution in [2.75, 3.05) is 32.6 Å². The molecule has 1 saturated heterocycles. The molecule has 6 nitrogen and oxygen atoms in total. The first-order chi connectivity index (χ1) is 12.9. The molecule has 2 aromatic rings. The van der Waals surface area contributed by atoms with Gasteiger partial charge in [-0.25, -0.2) is 12.8 Å². The first-order valence-corrected chi connectivity index (χ1v) is 10.1. The fraction of sp³-hybridized carbons (Fsp3) is 0.368. The molecule has 1 fully saturated rings. The molecule has 3 rings (SSSR count). The summed E-state index contributed by atoms with van der Waals surface area (Å²) in [5.41, 5.74) is 0.816. The van der Waals surface area contributed by atoms with E-state index < -0.39 is 15.8 Å². The fourth-order valence-electron chi connectivity index (χ4n) is 3.14. The topological polar surface area (TPSA) is 67.9 Å². The molecule has 8 heteroatoms. The second-order valence-corrected chi connectivity index (χ2v) is 8.28. The molecule has 146 valence electrons. The monoisotopic (exact) mass is 394 g/mol. The van der Waals surface area contributed by atoms with Crippen LogP contribution in [-0.4, -0.2) is 46.1 Å². The summed E-state index contributed by atoms with van der Waals surface area (Å²) in [4.78, 5) is 0.116. The molecule has 0 aromatic heterocycles. The number of ether oxygens (including phenoxy) is 2. The van der Waals surface area contributed by atoms with Crippen LogP contribution >= 0.6 is 0 Å². The standard InChI is InChI=1S/C19H23FN2O4S/c1-25-16-5-8-19(26-2)18(13-16)21-15-9-11-22(12-10-15)27(23,24)17-6-3-14(20)4-7-17/h3-8,13,15,21H,9-12H2,1-2H3. The molecular formula is C19H23FN2O4S. The van der Waals surface area contributed by atoms with Crippen LogP contribution in [0.4, 0.5) is 10.1 Å². The Labute approximate surface area is 159 Å². The number of nitrogens with one attached hydrogen (secondary N) is 1. The molecule has 1 aliphatic heterocycles. The normalized spacial score (nSPS) is 16.1. The number of halogens is 1. The third-order valence-corrected chi connectivity index (χ3v) is 6.58. The van der Waals surface area contributed by atoms with Crippen molar-refractivity contribution in [3.63, 3.8) is 0 Å². The summed E-state index contributed by atoms with van der Waals surface area (Å²) < 4.78 is 50.5. The highest BCUT2D eigenvalue weighted by molar-refractivity contribution is 7.89. The van der Waals surface area contributed by atoms with Gasteiger partial charge < -0.3 is 14.8 Å². The summed E-state index contributed by atoms with van der Waals surface area (Å²) >= 11 is 0. The maximum absolute atomic E-state index is 13.1. The van der Waals surface area contributed by atoms with E-state index in [-0.39, 0.29) is 10.9 Å². The predicted octanol–water partition coefficient (Wildman–Crippen LogP) is 3.11. The first-order valence-electron chi connectivity index (χ1n) is 8.68. The molecule has 0 aliphatic carbocycles. The summed E-state index contributed by atoms with van der Waals surface area (Å²) in [5, 5.41) is 3.42. The molecule has 0 bridgehead atoms. The lowest BCUT2D eigenvalue weighted by molar-refractivity contribution is 0.328. The van der Waals surface area contributed by atoms with Crippen LogP contribution in [0.15, 0.2) is 47.4 Å². The van der Waals surface area contributed by atoms with Crippen LogP contribution in [0, 0.1) is 5.82 Å². The van der Waals surface area contributed by atoms with Gasteiger partial charge in [-0.05, 0) is 49.2 Å². The maximum atomic E-state index is 13.1. The van der Waals surface area contributed by atoms with Gasteiger partial charge in [-0.15, -0.1) is 0 Å². The quantitative estimate of drug-likeness (QED) is 0.815. The molecule has 1 heterocycles. The van der Waals surface area contributed by atoms with E-state index in [2.05, 4.69) is 5.32 Å². The third-order valence-electron chi connectivity index (χ3n) is 4.67. The van der Waals surface area contributed by atoms with Crippen molar-refractivity contribution >= 4 is 15.7 Å². The summed E-state index contributed by atoms with van der Waals surface area (Å²) in [6, 6.07) is 10.6. The number of sulfonamides is 1. The summed E-state index contributed by atoms with van der Waals surface area (Å²) in [6.07, 6.45) is 1.31. The van der Waals surface area contributed by atoms with Crippen molar-refractivity contribution in [3.05, 3.63) is 48.3 Å². The molecule has 1 N–H and O–H groups in total. The second kappa shape index (κ2) is 8.14. The number of hydrogen-bond donors (Lipinski definition) is 1. The van der Waals surface area contributed by atoms with E-state index in [1.807, 2.05) is 18.2 Å². The number of piperidine rings is 1. The van der Waals surface area contributed by atoms with Gasteiger partial charge in [0.25, 0.3) is 0 Å². The van der Waals surface area contributed by atoms with Gasteiger partial charge in [0.15, 0.2) is 0 Å². The van der Waals surface area contributed by atoms with Gasteiger partial charge in [-0.2, -0.15) is 4.31 Å². The van der Waals surface area contributed by atoms with Crippen molar-refractivity contribution in [1.29, 1.82) is 0 Å². The smallest absolute Gasteiger partial charge is 0.243 e. The number of rotatable bonds is 6. The van der Waals surface area contributed by atoms with E-state index in [0.29, 0.717) is 31.7 Å². The van der Waals surface area contributed by atoms with Crippen LogP contribution in [0.5, 0.6) is 11.5 Å². The minimum absolute atomic E-state index is 0.116. The van der Waals surface area contributed by atoms with Crippen LogP contribution in [0.2, 0.25) is 0 Å². The van der Waals surface area contributed by atoms with E-state index in [9.17, 15) is 12.8 Å². The van der Waals surface area contributed by atoms with E-state index in [4.69, 9.17) is 9.47 Å². The lowest BCUT2D eigenvalue weighted by Crippen LogP contribution is -2.42. The van der Waals surface area contributed by atoms with Gasteiger partial charge in [0, 0.05) is 25.2 Å². The van der Waals surface area contributed by atoms with Crippen LogP contribution in [0.1, 0.15) is 12.8 Å². The lowest BCUT2D eigenvalue weighted by atomic mass is 10.1. The lowest BCUT2D eigenvalue weighted by Gasteiger charge is -2.32. The molecule has 27 heavy (non-hydrogen) atoms. The first kappa shape index (κ1) is 19.4. The molecule has 0 unspecified atom stereocenters. The van der Waals surface area contributed by atoms with Gasteiger partial charge in [0.2, 0.25) is 10.0 Å². The Balaban J connectivity index is 1.66. The van der Waals surface area contributed by atoms with Crippen molar-refractivity contribution in [1.82, 2.24) is 4.31 Å². The zero-order valence-corrected chi connectivity index (χ0v) is 16.1. The molecule has 2 aromatic carbocycles. The van der Waals surface area contributed by atoms with Crippen LogP contribution < -0.4 is 14.8 Å². The number of nitrogens with zero attached hydrogens (tertiary/aromatic N) is 1. The predicted molar refractivity (Wildman–Crippen MR) is 101 cm³/mol. The Morgan fingerprint density at radius 2 is 1.70 bits per heavy atom. The minimum atomic E-state index is -3.60. The zero-order chi connectivity index (χ0) is 19.4. The van der Waals surface area contributed by atoms with Gasteiger partial charge in [0.05, 0.1) is 24.8 Å². The highest BCUT2D eigenvalue weighted by Crippen LogP contribution is 2.31. The zero-order valence-electron chi connectivity index (χ0n) is 15.3. The molecule has 0 saturated carbocycles. The summed E-state index contributed by atoms with van der Waals surface area (Å²) in [7, 11) is -0.401. The Hall–Kier alpha value is -2.32. The molecular weight excluding hydrogens is 371 g/mol.